The molecule has 3 heteroatoms. The Morgan fingerprint density at radius 1 is 1.21 bits per heavy atom. The molecular formula is C16H24N2O. The van der Waals surface area contributed by atoms with Gasteiger partial charge in [-0.3, -0.25) is 4.90 Å². The van der Waals surface area contributed by atoms with Gasteiger partial charge in [0.25, 0.3) is 0 Å². The highest BCUT2D eigenvalue weighted by atomic mass is 16.5. The number of nitrogens with one attached hydrogen (secondary N) is 1. The zero-order chi connectivity index (χ0) is 13.7. The topological polar surface area (TPSA) is 24.5 Å². The van der Waals surface area contributed by atoms with Crippen LogP contribution in [0.5, 0.6) is 5.75 Å². The summed E-state index contributed by atoms with van der Waals surface area (Å²) in [6.07, 6.45) is 2.25. The summed E-state index contributed by atoms with van der Waals surface area (Å²) in [5.41, 5.74) is 1.29. The van der Waals surface area contributed by atoms with Gasteiger partial charge in [0.2, 0.25) is 0 Å². The monoisotopic (exact) mass is 260 g/mol. The predicted molar refractivity (Wildman–Crippen MR) is 79.6 cm³/mol. The maximum absolute atomic E-state index is 5.68. The smallest absolute Gasteiger partial charge is 0.119 e. The van der Waals surface area contributed by atoms with Gasteiger partial charge in [0, 0.05) is 26.2 Å². The van der Waals surface area contributed by atoms with Crippen LogP contribution in [0.25, 0.3) is 0 Å². The Hall–Kier alpha value is -1.32. The quantitative estimate of drug-likeness (QED) is 0.824. The average molecular weight is 260 g/mol. The molecule has 0 bridgehead atoms. The van der Waals surface area contributed by atoms with E-state index in [1.165, 1.54) is 5.56 Å². The summed E-state index contributed by atoms with van der Waals surface area (Å²) >= 11 is 0. The van der Waals surface area contributed by atoms with E-state index in [1.54, 1.807) is 0 Å². The first kappa shape index (κ1) is 14.1. The second-order valence-corrected chi connectivity index (χ2v) is 5.20. The zero-order valence-corrected chi connectivity index (χ0v) is 11.9. The summed E-state index contributed by atoms with van der Waals surface area (Å²) in [6.45, 7) is 12.3. The lowest BCUT2D eigenvalue weighted by atomic mass is 10.0. The van der Waals surface area contributed by atoms with Crippen LogP contribution >= 0.6 is 0 Å². The van der Waals surface area contributed by atoms with Gasteiger partial charge in [-0.1, -0.05) is 18.2 Å². The maximum atomic E-state index is 5.68. The van der Waals surface area contributed by atoms with Gasteiger partial charge in [0.05, 0.1) is 12.1 Å². The van der Waals surface area contributed by atoms with E-state index in [1.807, 2.05) is 32.1 Å². The molecule has 0 aliphatic carbocycles. The molecule has 0 aromatic heterocycles. The first-order valence-electron chi connectivity index (χ1n) is 7.04. The fraction of sp³-hybridized carbons (Fsp3) is 0.500. The summed E-state index contributed by atoms with van der Waals surface area (Å²) < 4.78 is 5.68. The van der Waals surface area contributed by atoms with E-state index in [0.717, 1.165) is 31.9 Å². The summed E-state index contributed by atoms with van der Waals surface area (Å²) in [6, 6.07) is 8.69. The van der Waals surface area contributed by atoms with Crippen molar-refractivity contribution in [3.8, 4) is 5.75 Å². The van der Waals surface area contributed by atoms with Gasteiger partial charge < -0.3 is 10.1 Å². The van der Waals surface area contributed by atoms with Crippen LogP contribution in [0.4, 0.5) is 0 Å². The Morgan fingerprint density at radius 2 is 1.84 bits per heavy atom. The Balaban J connectivity index is 2.07. The van der Waals surface area contributed by atoms with Crippen LogP contribution in [0.1, 0.15) is 25.5 Å². The van der Waals surface area contributed by atoms with Crippen molar-refractivity contribution >= 4 is 0 Å². The van der Waals surface area contributed by atoms with Crippen molar-refractivity contribution in [2.75, 3.05) is 26.2 Å². The van der Waals surface area contributed by atoms with Crippen molar-refractivity contribution in [3.05, 3.63) is 42.5 Å². The van der Waals surface area contributed by atoms with Gasteiger partial charge in [-0.2, -0.15) is 0 Å². The van der Waals surface area contributed by atoms with Gasteiger partial charge in [-0.15, -0.1) is 6.58 Å². The van der Waals surface area contributed by atoms with Crippen molar-refractivity contribution < 1.29 is 4.74 Å². The second-order valence-electron chi connectivity index (χ2n) is 5.20. The maximum Gasteiger partial charge on any atom is 0.119 e. The van der Waals surface area contributed by atoms with Gasteiger partial charge in [0.1, 0.15) is 5.75 Å². The van der Waals surface area contributed by atoms with E-state index < -0.39 is 0 Å². The minimum atomic E-state index is 0.217. The fourth-order valence-corrected chi connectivity index (χ4v) is 2.47. The molecule has 0 spiro atoms. The third kappa shape index (κ3) is 3.82. The van der Waals surface area contributed by atoms with Crippen molar-refractivity contribution in [2.45, 2.75) is 26.0 Å². The van der Waals surface area contributed by atoms with E-state index in [0.29, 0.717) is 6.04 Å². The number of hydrogen-bond acceptors (Lipinski definition) is 3. The van der Waals surface area contributed by atoms with Crippen LogP contribution in [0, 0.1) is 0 Å². The third-order valence-corrected chi connectivity index (χ3v) is 3.36. The molecule has 1 heterocycles. The van der Waals surface area contributed by atoms with Crippen LogP contribution in [-0.4, -0.2) is 37.2 Å². The average Bonchev–Trinajstić information content (AvgIpc) is 2.42. The molecule has 1 aromatic carbocycles. The number of nitrogens with zero attached hydrogens (tertiary/aromatic N) is 1. The molecule has 1 N–H and O–H groups in total. The lowest BCUT2D eigenvalue weighted by Crippen LogP contribution is -2.44. The second kappa shape index (κ2) is 6.73. The van der Waals surface area contributed by atoms with E-state index in [2.05, 4.69) is 28.9 Å². The summed E-state index contributed by atoms with van der Waals surface area (Å²) in [5.74, 6) is 0.932. The Morgan fingerprint density at radius 3 is 2.37 bits per heavy atom. The Kier molecular flexibility index (Phi) is 5.00. The third-order valence-electron chi connectivity index (χ3n) is 3.36. The van der Waals surface area contributed by atoms with E-state index in [-0.39, 0.29) is 6.10 Å². The predicted octanol–water partition coefficient (Wildman–Crippen LogP) is 2.61. The zero-order valence-electron chi connectivity index (χ0n) is 11.9. The largest absolute Gasteiger partial charge is 0.491 e. The number of piperazine rings is 1. The molecule has 2 rings (SSSR count). The van der Waals surface area contributed by atoms with Crippen molar-refractivity contribution in [3.63, 3.8) is 0 Å². The molecule has 104 valence electrons. The highest BCUT2D eigenvalue weighted by Gasteiger charge is 2.19. The molecule has 0 amide bonds. The van der Waals surface area contributed by atoms with Gasteiger partial charge in [0.15, 0.2) is 0 Å². The molecule has 1 aliphatic heterocycles. The van der Waals surface area contributed by atoms with Gasteiger partial charge >= 0.3 is 0 Å². The SMILES string of the molecule is C=C[C@H](c1ccc(OC(C)C)cc1)N1CCNCC1. The Labute approximate surface area is 116 Å². The van der Waals surface area contributed by atoms with E-state index >= 15 is 0 Å². The molecule has 0 radical (unpaired) electrons. The van der Waals surface area contributed by atoms with Crippen LogP contribution < -0.4 is 10.1 Å². The van der Waals surface area contributed by atoms with Crippen LogP contribution in [0.3, 0.4) is 0 Å². The lowest BCUT2D eigenvalue weighted by Gasteiger charge is -2.33. The molecule has 1 aliphatic rings. The molecular weight excluding hydrogens is 236 g/mol. The standard InChI is InChI=1S/C16H24N2O/c1-4-16(18-11-9-17-10-12-18)14-5-7-15(8-6-14)19-13(2)3/h4-8,13,16-17H,1,9-12H2,2-3H3/t16-/m1/s1. The lowest BCUT2D eigenvalue weighted by molar-refractivity contribution is 0.203. The summed E-state index contributed by atoms with van der Waals surface area (Å²) in [5, 5.41) is 3.38. The highest BCUT2D eigenvalue weighted by Crippen LogP contribution is 2.24. The molecule has 3 nitrogen and oxygen atoms in total. The van der Waals surface area contributed by atoms with Crippen molar-refractivity contribution in [1.29, 1.82) is 0 Å². The van der Waals surface area contributed by atoms with Gasteiger partial charge in [-0.25, -0.2) is 0 Å². The van der Waals surface area contributed by atoms with Crippen LogP contribution in [0.2, 0.25) is 0 Å². The molecule has 1 fully saturated rings. The van der Waals surface area contributed by atoms with Gasteiger partial charge in [-0.05, 0) is 31.5 Å². The van der Waals surface area contributed by atoms with Crippen molar-refractivity contribution in [1.82, 2.24) is 10.2 Å². The number of rotatable bonds is 5. The molecule has 0 unspecified atom stereocenters. The normalized spacial score (nSPS) is 18.3. The minimum absolute atomic E-state index is 0.217. The summed E-state index contributed by atoms with van der Waals surface area (Å²) in [7, 11) is 0. The van der Waals surface area contributed by atoms with E-state index in [9.17, 15) is 0 Å². The molecule has 1 atom stereocenters. The fourth-order valence-electron chi connectivity index (χ4n) is 2.47. The molecule has 0 saturated carbocycles. The first-order valence-corrected chi connectivity index (χ1v) is 7.04. The molecule has 1 saturated heterocycles. The number of hydrogen-bond donors (Lipinski definition) is 1. The highest BCUT2D eigenvalue weighted by molar-refractivity contribution is 5.31. The van der Waals surface area contributed by atoms with Crippen LogP contribution in [0.15, 0.2) is 36.9 Å². The number of benzene rings is 1. The number of ether oxygens (including phenoxy) is 1. The van der Waals surface area contributed by atoms with Crippen LogP contribution in [-0.2, 0) is 0 Å². The first-order chi connectivity index (χ1) is 9.20. The Bertz CT molecular complexity index is 394. The van der Waals surface area contributed by atoms with Crippen molar-refractivity contribution in [2.24, 2.45) is 0 Å². The van der Waals surface area contributed by atoms with E-state index in [4.69, 9.17) is 4.74 Å². The molecule has 19 heavy (non-hydrogen) atoms. The minimum Gasteiger partial charge on any atom is -0.491 e. The summed E-state index contributed by atoms with van der Waals surface area (Å²) in [4.78, 5) is 2.46. The molecule has 1 aromatic rings.